The summed E-state index contributed by atoms with van der Waals surface area (Å²) < 4.78 is 10.9. The molecule has 0 heterocycles. The molecule has 0 fully saturated rings. The molecule has 0 saturated heterocycles. The number of hydrogen-bond acceptors (Lipinski definition) is 6. The number of carbonyl (C=O) groups is 3. The van der Waals surface area contributed by atoms with Crippen LogP contribution in [-0.2, 0) is 20.9 Å². The minimum absolute atomic E-state index is 0.226. The Bertz CT molecular complexity index is 1360. The Morgan fingerprint density at radius 1 is 1.00 bits per heavy atom. The smallest absolute Gasteiger partial charge is 0.329 e. The van der Waals surface area contributed by atoms with Gasteiger partial charge in [0.15, 0.2) is 18.1 Å². The molecule has 9 nitrogen and oxygen atoms in total. The van der Waals surface area contributed by atoms with E-state index in [1.807, 2.05) is 31.2 Å². The Balaban J connectivity index is 1.49. The van der Waals surface area contributed by atoms with E-state index < -0.39 is 11.8 Å². The lowest BCUT2D eigenvalue weighted by Crippen LogP contribution is -2.37. The summed E-state index contributed by atoms with van der Waals surface area (Å²) in [4.78, 5) is 36.5. The van der Waals surface area contributed by atoms with Crippen molar-refractivity contribution in [2.75, 3.05) is 19.0 Å². The summed E-state index contributed by atoms with van der Waals surface area (Å²) in [5.41, 5.74) is 6.22. The van der Waals surface area contributed by atoms with E-state index in [4.69, 9.17) is 21.1 Å². The minimum atomic E-state index is -0.891. The van der Waals surface area contributed by atoms with E-state index >= 15 is 0 Å². The van der Waals surface area contributed by atoms with Crippen molar-refractivity contribution in [3.05, 3.63) is 87.9 Å². The molecule has 10 heteroatoms. The molecule has 0 saturated carbocycles. The quantitative estimate of drug-likeness (QED) is 0.194. The van der Waals surface area contributed by atoms with Gasteiger partial charge in [-0.2, -0.15) is 5.10 Å². The number of amides is 3. The van der Waals surface area contributed by atoms with Gasteiger partial charge in [-0.15, -0.1) is 0 Å². The van der Waals surface area contributed by atoms with Crippen molar-refractivity contribution in [2.45, 2.75) is 33.2 Å². The van der Waals surface area contributed by atoms with E-state index in [2.05, 4.69) is 35.0 Å². The summed E-state index contributed by atoms with van der Waals surface area (Å²) in [6.45, 7) is 5.99. The number of nitrogens with zero attached hydrogens (tertiary/aromatic N) is 1. The molecule has 3 N–H and O–H groups in total. The van der Waals surface area contributed by atoms with Gasteiger partial charge in [0.1, 0.15) is 0 Å². The van der Waals surface area contributed by atoms with Gasteiger partial charge in [0.25, 0.3) is 5.91 Å². The SMILES string of the molecule is COc1cc(/C=N\NC(=O)C(=O)NCc2ccc(C(C)C)cc2)ccc1OCC(=O)Nc1cccc(Cl)c1C. The van der Waals surface area contributed by atoms with Crippen LogP contribution < -0.4 is 25.5 Å². The number of ether oxygens (including phenoxy) is 2. The second-order valence-electron chi connectivity index (χ2n) is 8.94. The van der Waals surface area contributed by atoms with Crippen molar-refractivity contribution in [3.63, 3.8) is 0 Å². The van der Waals surface area contributed by atoms with Crippen molar-refractivity contribution in [1.29, 1.82) is 0 Å². The topological polar surface area (TPSA) is 118 Å². The van der Waals surface area contributed by atoms with Crippen LogP contribution in [0.25, 0.3) is 0 Å². The number of carbonyl (C=O) groups excluding carboxylic acids is 3. The zero-order valence-corrected chi connectivity index (χ0v) is 23.0. The van der Waals surface area contributed by atoms with Gasteiger partial charge in [-0.3, -0.25) is 14.4 Å². The minimum Gasteiger partial charge on any atom is -0.493 e. The lowest BCUT2D eigenvalue weighted by atomic mass is 10.0. The fourth-order valence-electron chi connectivity index (χ4n) is 3.46. The number of halogens is 1. The standard InChI is InChI=1S/C29H31ClN4O5/c1-18(2)22-11-8-20(9-12-22)15-31-28(36)29(37)34-32-16-21-10-13-25(26(14-21)38-4)39-17-27(35)33-24-7-5-6-23(30)19(24)3/h5-14,16,18H,15,17H2,1-4H3,(H,31,36)(H,33,35)(H,34,37)/b32-16-. The normalized spacial score (nSPS) is 10.8. The van der Waals surface area contributed by atoms with E-state index in [0.717, 1.165) is 11.1 Å². The van der Waals surface area contributed by atoms with Gasteiger partial charge in [0.05, 0.1) is 13.3 Å². The molecular formula is C29H31ClN4O5. The largest absolute Gasteiger partial charge is 0.493 e. The van der Waals surface area contributed by atoms with Crippen molar-refractivity contribution in [1.82, 2.24) is 10.7 Å². The molecule has 39 heavy (non-hydrogen) atoms. The Morgan fingerprint density at radius 3 is 2.44 bits per heavy atom. The number of hydrazone groups is 1. The van der Waals surface area contributed by atoms with Crippen LogP contribution in [0.4, 0.5) is 5.69 Å². The summed E-state index contributed by atoms with van der Waals surface area (Å²) in [6.07, 6.45) is 1.36. The number of anilines is 1. The third-order valence-corrected chi connectivity index (χ3v) is 6.18. The first-order valence-corrected chi connectivity index (χ1v) is 12.6. The van der Waals surface area contributed by atoms with Crippen LogP contribution >= 0.6 is 11.6 Å². The van der Waals surface area contributed by atoms with Crippen LogP contribution in [-0.4, -0.2) is 37.7 Å². The summed E-state index contributed by atoms with van der Waals surface area (Å²) in [5, 5.41) is 9.71. The van der Waals surface area contributed by atoms with E-state index in [0.29, 0.717) is 33.7 Å². The molecule has 0 spiro atoms. The fraction of sp³-hybridized carbons (Fsp3) is 0.241. The molecule has 0 bridgehead atoms. The lowest BCUT2D eigenvalue weighted by Gasteiger charge is -2.12. The van der Waals surface area contributed by atoms with Crippen LogP contribution in [0.1, 0.15) is 42.0 Å². The van der Waals surface area contributed by atoms with Gasteiger partial charge >= 0.3 is 11.8 Å². The number of hydrogen-bond donors (Lipinski definition) is 3. The number of nitrogens with one attached hydrogen (secondary N) is 3. The van der Waals surface area contributed by atoms with Crippen LogP contribution in [0.3, 0.4) is 0 Å². The number of benzene rings is 3. The van der Waals surface area contributed by atoms with Crippen molar-refractivity contribution >= 4 is 41.2 Å². The summed E-state index contributed by atoms with van der Waals surface area (Å²) in [7, 11) is 1.46. The number of methoxy groups -OCH3 is 1. The fourth-order valence-corrected chi connectivity index (χ4v) is 3.63. The highest BCUT2D eigenvalue weighted by atomic mass is 35.5. The van der Waals surface area contributed by atoms with Crippen LogP contribution in [0.2, 0.25) is 5.02 Å². The molecule has 0 aliphatic rings. The highest BCUT2D eigenvalue weighted by Crippen LogP contribution is 2.28. The van der Waals surface area contributed by atoms with E-state index in [1.165, 1.54) is 18.9 Å². The van der Waals surface area contributed by atoms with Crippen molar-refractivity contribution in [2.24, 2.45) is 5.10 Å². The van der Waals surface area contributed by atoms with Gasteiger partial charge in [-0.1, -0.05) is 55.8 Å². The van der Waals surface area contributed by atoms with E-state index in [9.17, 15) is 14.4 Å². The predicted octanol–water partition coefficient (Wildman–Crippen LogP) is 4.56. The average Bonchev–Trinajstić information content (AvgIpc) is 2.93. The Hall–Kier alpha value is -4.37. The van der Waals surface area contributed by atoms with Gasteiger partial charge in [0.2, 0.25) is 0 Å². The zero-order chi connectivity index (χ0) is 28.4. The van der Waals surface area contributed by atoms with E-state index in [1.54, 1.807) is 36.4 Å². The lowest BCUT2D eigenvalue weighted by molar-refractivity contribution is -0.139. The molecule has 0 aromatic heterocycles. The first-order chi connectivity index (χ1) is 18.7. The van der Waals surface area contributed by atoms with Crippen LogP contribution in [0.5, 0.6) is 11.5 Å². The molecule has 0 radical (unpaired) electrons. The zero-order valence-electron chi connectivity index (χ0n) is 22.2. The first kappa shape index (κ1) is 29.2. The summed E-state index contributed by atoms with van der Waals surface area (Å²) in [5.74, 6) is -0.930. The molecule has 3 aromatic carbocycles. The van der Waals surface area contributed by atoms with Gasteiger partial charge in [-0.05, 0) is 65.4 Å². The molecule has 0 aliphatic carbocycles. The summed E-state index contributed by atoms with van der Waals surface area (Å²) in [6, 6.07) is 18.0. The maximum atomic E-state index is 12.3. The van der Waals surface area contributed by atoms with Crippen molar-refractivity contribution < 1.29 is 23.9 Å². The second-order valence-corrected chi connectivity index (χ2v) is 9.34. The van der Waals surface area contributed by atoms with Gasteiger partial charge in [-0.25, -0.2) is 5.43 Å². The average molecular weight is 551 g/mol. The molecule has 3 amide bonds. The molecule has 204 valence electrons. The highest BCUT2D eigenvalue weighted by molar-refractivity contribution is 6.35. The third-order valence-electron chi connectivity index (χ3n) is 5.77. The monoisotopic (exact) mass is 550 g/mol. The molecule has 3 aromatic rings. The van der Waals surface area contributed by atoms with Gasteiger partial charge in [0, 0.05) is 17.3 Å². The third kappa shape index (κ3) is 8.58. The van der Waals surface area contributed by atoms with Crippen LogP contribution in [0, 0.1) is 6.92 Å². The van der Waals surface area contributed by atoms with Crippen LogP contribution in [0.15, 0.2) is 65.8 Å². The Labute approximate surface area is 232 Å². The summed E-state index contributed by atoms with van der Waals surface area (Å²) >= 11 is 6.09. The molecule has 0 aliphatic heterocycles. The maximum Gasteiger partial charge on any atom is 0.329 e. The maximum absolute atomic E-state index is 12.3. The van der Waals surface area contributed by atoms with Gasteiger partial charge < -0.3 is 20.1 Å². The molecule has 0 atom stereocenters. The first-order valence-electron chi connectivity index (χ1n) is 12.2. The Morgan fingerprint density at radius 2 is 1.74 bits per heavy atom. The highest BCUT2D eigenvalue weighted by Gasteiger charge is 2.13. The van der Waals surface area contributed by atoms with E-state index in [-0.39, 0.29) is 19.1 Å². The molecular weight excluding hydrogens is 520 g/mol. The predicted molar refractivity (Wildman–Crippen MR) is 151 cm³/mol. The second kappa shape index (κ2) is 14.0. The van der Waals surface area contributed by atoms with Crippen molar-refractivity contribution in [3.8, 4) is 11.5 Å². The number of rotatable bonds is 10. The molecule has 0 unspecified atom stereocenters. The molecule has 3 rings (SSSR count). The Kier molecular flexibility index (Phi) is 10.5.